The third-order valence-corrected chi connectivity index (χ3v) is 4.11. The summed E-state index contributed by atoms with van der Waals surface area (Å²) < 4.78 is 11.1. The fourth-order valence-corrected chi connectivity index (χ4v) is 2.49. The van der Waals surface area contributed by atoms with E-state index in [9.17, 15) is 9.59 Å². The zero-order valence-corrected chi connectivity index (χ0v) is 15.7. The minimum absolute atomic E-state index is 0.137. The van der Waals surface area contributed by atoms with Crippen LogP contribution in [0.3, 0.4) is 0 Å². The second-order valence-corrected chi connectivity index (χ2v) is 5.97. The van der Waals surface area contributed by atoms with E-state index in [1.807, 2.05) is 13.8 Å². The van der Waals surface area contributed by atoms with Crippen LogP contribution >= 0.6 is 0 Å². The molecule has 0 aliphatic heterocycles. The number of hydrogen-bond acceptors (Lipinski definition) is 4. The molecule has 7 heteroatoms. The van der Waals surface area contributed by atoms with E-state index in [-0.39, 0.29) is 12.1 Å². The highest BCUT2D eigenvalue weighted by atomic mass is 16.5. The van der Waals surface area contributed by atoms with E-state index in [2.05, 4.69) is 10.6 Å². The molecule has 0 radical (unpaired) electrons. The van der Waals surface area contributed by atoms with E-state index >= 15 is 0 Å². The molecular weight excluding hydrogens is 346 g/mol. The van der Waals surface area contributed by atoms with Crippen molar-refractivity contribution < 1.29 is 19.1 Å². The smallest absolute Gasteiger partial charge is 0.319 e. The molecule has 0 heterocycles. The number of methoxy groups -OCH3 is 1. The monoisotopic (exact) mass is 371 g/mol. The first-order chi connectivity index (χ1) is 13.0. The molecular formula is C20H25N3O4. The molecule has 0 aliphatic rings. The molecule has 0 spiro atoms. The SMILES string of the molecule is CCC(CC)NC(=O)Nc1ccc(Oc2ccc(C(N)=O)cc2)c(OC)c1. The van der Waals surface area contributed by atoms with E-state index in [1.54, 1.807) is 42.5 Å². The van der Waals surface area contributed by atoms with E-state index in [1.165, 1.54) is 7.11 Å². The van der Waals surface area contributed by atoms with Gasteiger partial charge in [0.15, 0.2) is 11.5 Å². The zero-order chi connectivity index (χ0) is 19.8. The number of ether oxygens (including phenoxy) is 2. The van der Waals surface area contributed by atoms with Gasteiger partial charge in [0, 0.05) is 23.4 Å². The summed E-state index contributed by atoms with van der Waals surface area (Å²) >= 11 is 0. The molecule has 144 valence electrons. The number of benzene rings is 2. The van der Waals surface area contributed by atoms with Crippen LogP contribution in [0.5, 0.6) is 17.2 Å². The number of urea groups is 1. The van der Waals surface area contributed by atoms with Gasteiger partial charge in [0.2, 0.25) is 5.91 Å². The van der Waals surface area contributed by atoms with Crippen LogP contribution in [0.15, 0.2) is 42.5 Å². The Bertz CT molecular complexity index is 786. The molecule has 2 rings (SSSR count). The summed E-state index contributed by atoms with van der Waals surface area (Å²) in [5.41, 5.74) is 6.22. The number of amides is 3. The van der Waals surface area contributed by atoms with Gasteiger partial charge in [-0.3, -0.25) is 4.79 Å². The second-order valence-electron chi connectivity index (χ2n) is 5.97. The Morgan fingerprint density at radius 1 is 1.04 bits per heavy atom. The summed E-state index contributed by atoms with van der Waals surface area (Å²) in [4.78, 5) is 23.2. The molecule has 27 heavy (non-hydrogen) atoms. The maximum Gasteiger partial charge on any atom is 0.319 e. The number of nitrogens with two attached hydrogens (primary N) is 1. The van der Waals surface area contributed by atoms with Gasteiger partial charge in [-0.05, 0) is 49.2 Å². The predicted molar refractivity (Wildman–Crippen MR) is 105 cm³/mol. The first kappa shape index (κ1) is 20.1. The van der Waals surface area contributed by atoms with Crippen LogP contribution in [0.4, 0.5) is 10.5 Å². The van der Waals surface area contributed by atoms with Gasteiger partial charge in [0.1, 0.15) is 5.75 Å². The third kappa shape index (κ3) is 5.64. The number of anilines is 1. The second kappa shape index (κ2) is 9.47. The quantitative estimate of drug-likeness (QED) is 0.655. The van der Waals surface area contributed by atoms with Crippen molar-refractivity contribution in [3.8, 4) is 17.2 Å². The summed E-state index contributed by atoms with van der Waals surface area (Å²) in [6.07, 6.45) is 1.74. The van der Waals surface area contributed by atoms with Crippen molar-refractivity contribution >= 4 is 17.6 Å². The Hall–Kier alpha value is -3.22. The summed E-state index contributed by atoms with van der Waals surface area (Å²) in [7, 11) is 1.52. The Morgan fingerprint density at radius 2 is 1.70 bits per heavy atom. The van der Waals surface area contributed by atoms with Gasteiger partial charge >= 0.3 is 6.03 Å². The Kier molecular flexibility index (Phi) is 7.05. The number of carbonyl (C=O) groups excluding carboxylic acids is 2. The van der Waals surface area contributed by atoms with E-state index in [0.29, 0.717) is 28.5 Å². The molecule has 0 aromatic heterocycles. The number of rotatable bonds is 8. The van der Waals surface area contributed by atoms with Crippen molar-refractivity contribution in [2.45, 2.75) is 32.7 Å². The fraction of sp³-hybridized carbons (Fsp3) is 0.300. The Morgan fingerprint density at radius 3 is 2.26 bits per heavy atom. The molecule has 0 atom stereocenters. The molecule has 0 bridgehead atoms. The minimum Gasteiger partial charge on any atom is -0.493 e. The number of primary amides is 1. The standard InChI is InChI=1S/C20H25N3O4/c1-4-14(5-2)22-20(25)23-15-8-11-17(18(12-15)26-3)27-16-9-6-13(7-10-16)19(21)24/h6-12,14H,4-5H2,1-3H3,(H2,21,24)(H2,22,23,25). The van der Waals surface area contributed by atoms with E-state index < -0.39 is 5.91 Å². The van der Waals surface area contributed by atoms with Gasteiger partial charge in [0.25, 0.3) is 0 Å². The van der Waals surface area contributed by atoms with Gasteiger partial charge < -0.3 is 25.8 Å². The van der Waals surface area contributed by atoms with Crippen molar-refractivity contribution in [3.63, 3.8) is 0 Å². The highest BCUT2D eigenvalue weighted by Crippen LogP contribution is 2.34. The summed E-state index contributed by atoms with van der Waals surface area (Å²) in [5, 5.41) is 5.70. The van der Waals surface area contributed by atoms with Gasteiger partial charge in [0.05, 0.1) is 7.11 Å². The predicted octanol–water partition coefficient (Wildman–Crippen LogP) is 3.90. The summed E-state index contributed by atoms with van der Waals surface area (Å²) in [6, 6.07) is 11.4. The molecule has 0 fully saturated rings. The molecule has 0 saturated heterocycles. The summed E-state index contributed by atoms with van der Waals surface area (Å²) in [5.74, 6) is 0.983. The van der Waals surface area contributed by atoms with Crippen LogP contribution in [-0.2, 0) is 0 Å². The minimum atomic E-state index is -0.499. The topological polar surface area (TPSA) is 103 Å². The van der Waals surface area contributed by atoms with Crippen LogP contribution in [0.2, 0.25) is 0 Å². The van der Waals surface area contributed by atoms with Gasteiger partial charge in [-0.25, -0.2) is 4.79 Å². The van der Waals surface area contributed by atoms with Crippen molar-refractivity contribution in [1.82, 2.24) is 5.32 Å². The molecule has 3 amide bonds. The average molecular weight is 371 g/mol. The number of nitrogens with one attached hydrogen (secondary N) is 2. The van der Waals surface area contributed by atoms with Crippen molar-refractivity contribution in [2.75, 3.05) is 12.4 Å². The number of carbonyl (C=O) groups is 2. The van der Waals surface area contributed by atoms with Crippen molar-refractivity contribution in [1.29, 1.82) is 0 Å². The van der Waals surface area contributed by atoms with Crippen LogP contribution in [0.25, 0.3) is 0 Å². The van der Waals surface area contributed by atoms with E-state index in [4.69, 9.17) is 15.2 Å². The fourth-order valence-electron chi connectivity index (χ4n) is 2.49. The molecule has 0 aliphatic carbocycles. The van der Waals surface area contributed by atoms with Crippen LogP contribution in [0, 0.1) is 0 Å². The lowest BCUT2D eigenvalue weighted by molar-refractivity contribution is 0.1000. The first-order valence-corrected chi connectivity index (χ1v) is 8.80. The largest absolute Gasteiger partial charge is 0.493 e. The number of hydrogen-bond donors (Lipinski definition) is 3. The van der Waals surface area contributed by atoms with Crippen LogP contribution in [-0.4, -0.2) is 25.1 Å². The zero-order valence-electron chi connectivity index (χ0n) is 15.7. The summed E-state index contributed by atoms with van der Waals surface area (Å²) in [6.45, 7) is 4.05. The molecule has 2 aromatic rings. The first-order valence-electron chi connectivity index (χ1n) is 8.80. The molecule has 0 unspecified atom stereocenters. The Labute approximate surface area is 158 Å². The van der Waals surface area contributed by atoms with Gasteiger partial charge in [-0.2, -0.15) is 0 Å². The third-order valence-electron chi connectivity index (χ3n) is 4.11. The lowest BCUT2D eigenvalue weighted by Gasteiger charge is -2.16. The van der Waals surface area contributed by atoms with Gasteiger partial charge in [-0.15, -0.1) is 0 Å². The lowest BCUT2D eigenvalue weighted by Crippen LogP contribution is -2.37. The highest BCUT2D eigenvalue weighted by molar-refractivity contribution is 5.92. The maximum atomic E-state index is 12.1. The molecule has 2 aromatic carbocycles. The molecule has 7 nitrogen and oxygen atoms in total. The Balaban J connectivity index is 2.09. The highest BCUT2D eigenvalue weighted by Gasteiger charge is 2.11. The molecule has 0 saturated carbocycles. The van der Waals surface area contributed by atoms with E-state index in [0.717, 1.165) is 12.8 Å². The van der Waals surface area contributed by atoms with Crippen molar-refractivity contribution in [3.05, 3.63) is 48.0 Å². The lowest BCUT2D eigenvalue weighted by atomic mass is 10.2. The van der Waals surface area contributed by atoms with Crippen LogP contribution in [0.1, 0.15) is 37.0 Å². The molecule has 4 N–H and O–H groups in total. The van der Waals surface area contributed by atoms with Gasteiger partial charge in [-0.1, -0.05) is 13.8 Å². The van der Waals surface area contributed by atoms with Crippen molar-refractivity contribution in [2.24, 2.45) is 5.73 Å². The maximum absolute atomic E-state index is 12.1. The average Bonchev–Trinajstić information content (AvgIpc) is 2.67. The van der Waals surface area contributed by atoms with Crippen LogP contribution < -0.4 is 25.8 Å². The normalized spacial score (nSPS) is 10.4.